The first kappa shape index (κ1) is 50.0. The molecule has 0 aliphatic rings. The highest BCUT2D eigenvalue weighted by molar-refractivity contribution is 5.94. The minimum Gasteiger partial charge on any atom is -0.550 e. The topological polar surface area (TPSA) is 57.2 Å². The molecule has 0 bridgehead atoms. The van der Waals surface area contributed by atoms with E-state index in [0.717, 1.165) is 0 Å². The van der Waals surface area contributed by atoms with Crippen LogP contribution in [0.15, 0.2) is 12.2 Å². The summed E-state index contributed by atoms with van der Waals surface area (Å²) in [7, 11) is 2.61. The lowest BCUT2D eigenvalue weighted by atomic mass is 10.0. The third-order valence-electron chi connectivity index (χ3n) is 10.4. The SMILES string of the molecule is C=C(C)C(=O)CCCC(=O)[O-].CCCCCCCCCCCC[N+](C)(CCCCCCCCCCCC)CCCCCCCCCCCC. The summed E-state index contributed by atoms with van der Waals surface area (Å²) in [6, 6.07) is 0. The maximum absolute atomic E-state index is 10.8. The summed E-state index contributed by atoms with van der Waals surface area (Å²) in [5.41, 5.74) is 0.475. The molecule has 0 rings (SSSR count). The number of hydrogen-bond acceptors (Lipinski definition) is 3. The lowest BCUT2D eigenvalue weighted by Crippen LogP contribution is -2.46. The molecule has 0 amide bonds. The van der Waals surface area contributed by atoms with Gasteiger partial charge in [0.15, 0.2) is 5.78 Å². The van der Waals surface area contributed by atoms with Crippen LogP contribution in [0.3, 0.4) is 0 Å². The summed E-state index contributed by atoms with van der Waals surface area (Å²) >= 11 is 0. The number of ketones is 1. The standard InChI is InChI=1S/C37H78N.C8H12O3/c1-5-8-11-14-17-20-23-26-29-32-35-38(4,36-33-30-27-24-21-18-15-12-9-6-2)37-34-31-28-25-22-19-16-13-10-7-3;1-6(2)7(9)4-3-5-8(10)11/h5-37H2,1-4H3;1,3-5H2,2H3,(H,10,11)/q+1;/p-1. The lowest BCUT2D eigenvalue weighted by Gasteiger charge is -2.35. The monoisotopic (exact) mass is 692 g/mol. The molecule has 0 aliphatic heterocycles. The normalized spacial score (nSPS) is 11.4. The van der Waals surface area contributed by atoms with Gasteiger partial charge in [-0.15, -0.1) is 0 Å². The Balaban J connectivity index is 0. The van der Waals surface area contributed by atoms with E-state index in [0.29, 0.717) is 12.0 Å². The number of carbonyl (C=O) groups is 2. The summed E-state index contributed by atoms with van der Waals surface area (Å²) in [5, 5.41) is 9.91. The number of aliphatic carboxylic acids is 1. The molecule has 0 spiro atoms. The van der Waals surface area contributed by atoms with Gasteiger partial charge in [0.25, 0.3) is 0 Å². The molecule has 0 radical (unpaired) electrons. The van der Waals surface area contributed by atoms with Crippen molar-refractivity contribution in [3.05, 3.63) is 12.2 Å². The van der Waals surface area contributed by atoms with Crippen LogP contribution in [0.2, 0.25) is 0 Å². The second-order valence-corrected chi connectivity index (χ2v) is 15.8. The Bertz CT molecular complexity index is 658. The Hall–Kier alpha value is -1.16. The van der Waals surface area contributed by atoms with Gasteiger partial charge in [-0.2, -0.15) is 0 Å². The predicted octanol–water partition coefficient (Wildman–Crippen LogP) is 13.2. The van der Waals surface area contributed by atoms with Crippen LogP contribution in [-0.2, 0) is 9.59 Å². The van der Waals surface area contributed by atoms with E-state index in [1.807, 2.05) is 0 Å². The van der Waals surface area contributed by atoms with Crippen LogP contribution in [0, 0.1) is 0 Å². The van der Waals surface area contributed by atoms with Crippen LogP contribution in [0.25, 0.3) is 0 Å². The van der Waals surface area contributed by atoms with Crippen molar-refractivity contribution >= 4 is 11.8 Å². The van der Waals surface area contributed by atoms with Gasteiger partial charge in [-0.25, -0.2) is 0 Å². The number of rotatable bonds is 38. The Morgan fingerprint density at radius 2 is 0.673 bits per heavy atom. The molecule has 0 heterocycles. The predicted molar refractivity (Wildman–Crippen MR) is 215 cm³/mol. The number of unbranched alkanes of at least 4 members (excludes halogenated alkanes) is 27. The number of allylic oxidation sites excluding steroid dienone is 1. The van der Waals surface area contributed by atoms with Gasteiger partial charge in [0.2, 0.25) is 0 Å². The molecular formula is C45H89NO3. The van der Waals surface area contributed by atoms with Crippen LogP contribution in [0.5, 0.6) is 0 Å². The van der Waals surface area contributed by atoms with E-state index in [9.17, 15) is 14.7 Å². The average Bonchev–Trinajstić information content (AvgIpc) is 3.07. The summed E-state index contributed by atoms with van der Waals surface area (Å²) < 4.78 is 1.37. The zero-order chi connectivity index (χ0) is 36.7. The Morgan fingerprint density at radius 3 is 0.898 bits per heavy atom. The first-order valence-corrected chi connectivity index (χ1v) is 21.9. The van der Waals surface area contributed by atoms with Gasteiger partial charge in [-0.05, 0) is 63.9 Å². The van der Waals surface area contributed by atoms with Gasteiger partial charge >= 0.3 is 0 Å². The molecule has 0 aromatic heterocycles. The van der Waals surface area contributed by atoms with Gasteiger partial charge in [-0.1, -0.05) is 181 Å². The second kappa shape index (κ2) is 39.6. The second-order valence-electron chi connectivity index (χ2n) is 15.8. The number of nitrogens with zero attached hydrogens (tertiary/aromatic N) is 1. The summed E-state index contributed by atoms with van der Waals surface area (Å²) in [5.74, 6) is -1.19. The van der Waals surface area contributed by atoms with E-state index in [-0.39, 0.29) is 18.6 Å². The van der Waals surface area contributed by atoms with Gasteiger partial charge in [0.1, 0.15) is 0 Å². The van der Waals surface area contributed by atoms with Gasteiger partial charge in [0.05, 0.1) is 26.7 Å². The minimum absolute atomic E-state index is 0.0565. The van der Waals surface area contributed by atoms with Crippen LogP contribution in [0.4, 0.5) is 0 Å². The fraction of sp³-hybridized carbons (Fsp3) is 0.911. The number of carboxylic acids is 1. The molecule has 49 heavy (non-hydrogen) atoms. The maximum atomic E-state index is 10.8. The van der Waals surface area contributed by atoms with Crippen molar-refractivity contribution in [2.45, 2.75) is 240 Å². The number of carbonyl (C=O) groups excluding carboxylic acids is 2. The number of carboxylic acid groups (broad SMARTS) is 1. The molecule has 292 valence electrons. The fourth-order valence-corrected chi connectivity index (χ4v) is 6.88. The minimum atomic E-state index is -1.11. The molecule has 0 atom stereocenters. The van der Waals surface area contributed by atoms with E-state index in [1.54, 1.807) is 6.92 Å². The van der Waals surface area contributed by atoms with E-state index in [1.165, 1.54) is 217 Å². The van der Waals surface area contributed by atoms with E-state index >= 15 is 0 Å². The molecule has 0 unspecified atom stereocenters. The molecule has 4 nitrogen and oxygen atoms in total. The quantitative estimate of drug-likeness (QED) is 0.0368. The van der Waals surface area contributed by atoms with Gasteiger partial charge < -0.3 is 14.4 Å². The van der Waals surface area contributed by atoms with Crippen molar-refractivity contribution in [1.29, 1.82) is 0 Å². The van der Waals surface area contributed by atoms with Crippen molar-refractivity contribution in [2.75, 3.05) is 26.7 Å². The highest BCUT2D eigenvalue weighted by Gasteiger charge is 2.20. The van der Waals surface area contributed by atoms with E-state index in [4.69, 9.17) is 0 Å². The summed E-state index contributed by atoms with van der Waals surface area (Å²) in [4.78, 5) is 20.7. The van der Waals surface area contributed by atoms with Crippen molar-refractivity contribution in [3.63, 3.8) is 0 Å². The van der Waals surface area contributed by atoms with Gasteiger partial charge in [0, 0.05) is 12.4 Å². The first-order chi connectivity index (χ1) is 23.7. The molecule has 4 heteroatoms. The molecule has 0 saturated carbocycles. The van der Waals surface area contributed by atoms with Crippen molar-refractivity contribution < 1.29 is 19.2 Å². The smallest absolute Gasteiger partial charge is 0.158 e. The number of quaternary nitrogens is 1. The number of hydrogen-bond donors (Lipinski definition) is 0. The highest BCUT2D eigenvalue weighted by atomic mass is 16.4. The van der Waals surface area contributed by atoms with Crippen molar-refractivity contribution in [1.82, 2.24) is 0 Å². The third kappa shape index (κ3) is 41.1. The highest BCUT2D eigenvalue weighted by Crippen LogP contribution is 2.18. The maximum Gasteiger partial charge on any atom is 0.158 e. The van der Waals surface area contributed by atoms with Crippen LogP contribution in [-0.4, -0.2) is 42.9 Å². The molecular weight excluding hydrogens is 602 g/mol. The Kier molecular flexibility index (Phi) is 40.4. The van der Waals surface area contributed by atoms with Gasteiger partial charge in [-0.3, -0.25) is 4.79 Å². The first-order valence-electron chi connectivity index (χ1n) is 21.9. The molecule has 0 aliphatic carbocycles. The van der Waals surface area contributed by atoms with Crippen LogP contribution in [0.1, 0.15) is 240 Å². The molecule has 0 saturated heterocycles. The van der Waals surface area contributed by atoms with E-state index in [2.05, 4.69) is 34.4 Å². The zero-order valence-corrected chi connectivity index (χ0v) is 34.3. The third-order valence-corrected chi connectivity index (χ3v) is 10.4. The van der Waals surface area contributed by atoms with Crippen LogP contribution < -0.4 is 5.11 Å². The largest absolute Gasteiger partial charge is 0.550 e. The Labute approximate surface area is 308 Å². The molecule has 0 N–H and O–H groups in total. The van der Waals surface area contributed by atoms with Crippen molar-refractivity contribution in [2.24, 2.45) is 0 Å². The van der Waals surface area contributed by atoms with Crippen molar-refractivity contribution in [3.8, 4) is 0 Å². The summed E-state index contributed by atoms with van der Waals surface area (Å²) in [6.07, 6.45) is 44.3. The molecule has 0 aromatic carbocycles. The molecule has 0 aromatic rings. The van der Waals surface area contributed by atoms with E-state index < -0.39 is 5.97 Å². The summed E-state index contributed by atoms with van der Waals surface area (Å²) in [6.45, 7) is 16.3. The fourth-order valence-electron chi connectivity index (χ4n) is 6.88. The lowest BCUT2D eigenvalue weighted by molar-refractivity contribution is -0.910. The number of Topliss-reactive ketones (excluding diaryl/α,β-unsaturated/α-hetero) is 1. The Morgan fingerprint density at radius 1 is 0.429 bits per heavy atom. The van der Waals surface area contributed by atoms with Crippen LogP contribution >= 0.6 is 0 Å². The average molecular weight is 692 g/mol. The molecule has 0 fully saturated rings. The zero-order valence-electron chi connectivity index (χ0n) is 34.3.